The van der Waals surface area contributed by atoms with Crippen LogP contribution in [-0.4, -0.2) is 32.6 Å². The smallest absolute Gasteiger partial charge is 0.211 e. The number of sulfonamides is 1. The molecule has 1 aliphatic heterocycles. The number of ether oxygens (including phenoxy) is 1. The minimum absolute atomic E-state index is 0.165. The average Bonchev–Trinajstić information content (AvgIpc) is 2.54. The molecule has 0 N–H and O–H groups in total. The maximum absolute atomic E-state index is 12.2. The van der Waals surface area contributed by atoms with E-state index in [1.807, 2.05) is 48.5 Å². The van der Waals surface area contributed by atoms with Crippen LogP contribution in [0.4, 0.5) is 0 Å². The number of benzene rings is 2. The summed E-state index contributed by atoms with van der Waals surface area (Å²) in [6.45, 7) is 0.510. The Labute approximate surface area is 137 Å². The molecule has 1 aliphatic rings. The number of nitrogens with zero attached hydrogens (tertiary/aromatic N) is 1. The fourth-order valence-electron chi connectivity index (χ4n) is 3.24. The minimum Gasteiger partial charge on any atom is -0.497 e. The Morgan fingerprint density at radius 2 is 1.91 bits per heavy atom. The minimum atomic E-state index is -3.25. The summed E-state index contributed by atoms with van der Waals surface area (Å²) >= 11 is 0. The lowest BCUT2D eigenvalue weighted by molar-refractivity contribution is 0.307. The number of hydrogen-bond acceptors (Lipinski definition) is 3. The van der Waals surface area contributed by atoms with Crippen LogP contribution in [0.2, 0.25) is 0 Å². The third kappa shape index (κ3) is 3.41. The molecule has 3 rings (SSSR count). The number of rotatable bonds is 4. The summed E-state index contributed by atoms with van der Waals surface area (Å²) in [4.78, 5) is 0. The maximum atomic E-state index is 12.2. The first-order chi connectivity index (χ1) is 11.0. The van der Waals surface area contributed by atoms with E-state index in [4.69, 9.17) is 4.74 Å². The second-order valence-corrected chi connectivity index (χ2v) is 7.83. The van der Waals surface area contributed by atoms with Crippen molar-refractivity contribution >= 4 is 10.0 Å². The van der Waals surface area contributed by atoms with E-state index >= 15 is 0 Å². The lowest BCUT2D eigenvalue weighted by Crippen LogP contribution is -2.40. The zero-order chi connectivity index (χ0) is 16.4. The fourth-order valence-corrected chi connectivity index (χ4v) is 4.31. The van der Waals surface area contributed by atoms with Crippen LogP contribution in [0.3, 0.4) is 0 Å². The zero-order valence-electron chi connectivity index (χ0n) is 13.4. The normalized spacial score (nSPS) is 18.4. The summed E-state index contributed by atoms with van der Waals surface area (Å²) in [5.41, 5.74) is 3.38. The summed E-state index contributed by atoms with van der Waals surface area (Å²) in [6.07, 6.45) is 2.68. The molecule has 2 aromatic rings. The van der Waals surface area contributed by atoms with Crippen LogP contribution in [0.1, 0.15) is 22.7 Å². The molecule has 0 aliphatic carbocycles. The van der Waals surface area contributed by atoms with Crippen LogP contribution in [0.5, 0.6) is 5.75 Å². The van der Waals surface area contributed by atoms with E-state index in [0.717, 1.165) is 16.9 Å². The molecule has 1 atom stereocenters. The summed E-state index contributed by atoms with van der Waals surface area (Å²) < 4.78 is 31.4. The van der Waals surface area contributed by atoms with E-state index < -0.39 is 10.0 Å². The Morgan fingerprint density at radius 3 is 2.57 bits per heavy atom. The van der Waals surface area contributed by atoms with Gasteiger partial charge in [0.05, 0.1) is 19.4 Å². The molecule has 0 amide bonds. The maximum Gasteiger partial charge on any atom is 0.211 e. The van der Waals surface area contributed by atoms with Gasteiger partial charge in [-0.3, -0.25) is 0 Å². The van der Waals surface area contributed by atoms with E-state index in [0.29, 0.717) is 19.4 Å². The molecule has 4 nitrogen and oxygen atoms in total. The largest absolute Gasteiger partial charge is 0.497 e. The van der Waals surface area contributed by atoms with E-state index in [1.165, 1.54) is 11.8 Å². The van der Waals surface area contributed by atoms with Gasteiger partial charge in [-0.05, 0) is 41.7 Å². The van der Waals surface area contributed by atoms with Crippen molar-refractivity contribution in [2.75, 3.05) is 19.9 Å². The van der Waals surface area contributed by atoms with Crippen LogP contribution in [-0.2, 0) is 22.9 Å². The van der Waals surface area contributed by atoms with Crippen molar-refractivity contribution in [3.05, 3.63) is 65.2 Å². The second kappa shape index (κ2) is 6.34. The van der Waals surface area contributed by atoms with Crippen molar-refractivity contribution < 1.29 is 13.2 Å². The molecule has 1 heterocycles. The Balaban J connectivity index is 2.03. The van der Waals surface area contributed by atoms with Crippen molar-refractivity contribution in [3.63, 3.8) is 0 Å². The monoisotopic (exact) mass is 331 g/mol. The average molecular weight is 331 g/mol. The topological polar surface area (TPSA) is 46.6 Å². The number of fused-ring (bicyclic) bond motifs is 1. The molecule has 0 fully saturated rings. The molecule has 1 unspecified atom stereocenters. The highest BCUT2D eigenvalue weighted by Crippen LogP contribution is 2.35. The molecule has 0 radical (unpaired) electrons. The quantitative estimate of drug-likeness (QED) is 0.865. The Bertz CT molecular complexity index is 787. The van der Waals surface area contributed by atoms with Gasteiger partial charge in [0.2, 0.25) is 10.0 Å². The molecule has 122 valence electrons. The van der Waals surface area contributed by atoms with Crippen LogP contribution in [0.25, 0.3) is 0 Å². The van der Waals surface area contributed by atoms with E-state index in [1.54, 1.807) is 11.4 Å². The van der Waals surface area contributed by atoms with Gasteiger partial charge in [0.1, 0.15) is 5.75 Å². The zero-order valence-corrected chi connectivity index (χ0v) is 14.2. The summed E-state index contributed by atoms with van der Waals surface area (Å²) in [5.74, 6) is 0.815. The second-order valence-electron chi connectivity index (χ2n) is 5.89. The van der Waals surface area contributed by atoms with Crippen LogP contribution in [0, 0.1) is 0 Å². The number of hydrogen-bond donors (Lipinski definition) is 0. The summed E-state index contributed by atoms with van der Waals surface area (Å²) in [7, 11) is -1.60. The molecule has 0 saturated heterocycles. The Morgan fingerprint density at radius 1 is 1.17 bits per heavy atom. The highest BCUT2D eigenvalue weighted by molar-refractivity contribution is 7.88. The first kappa shape index (κ1) is 16.0. The van der Waals surface area contributed by atoms with Gasteiger partial charge in [-0.2, -0.15) is 4.31 Å². The first-order valence-electron chi connectivity index (χ1n) is 7.66. The molecule has 0 spiro atoms. The predicted octanol–water partition coefficient (Wildman–Crippen LogP) is 2.80. The molecule has 5 heteroatoms. The predicted molar refractivity (Wildman–Crippen MR) is 91.1 cm³/mol. The van der Waals surface area contributed by atoms with Crippen molar-refractivity contribution in [2.45, 2.75) is 18.9 Å². The number of methoxy groups -OCH3 is 1. The Hall–Kier alpha value is -1.85. The fraction of sp³-hybridized carbons (Fsp3) is 0.333. The molecule has 0 bridgehead atoms. The lowest BCUT2D eigenvalue weighted by Gasteiger charge is -2.36. The van der Waals surface area contributed by atoms with Crippen LogP contribution < -0.4 is 4.74 Å². The summed E-state index contributed by atoms with van der Waals surface area (Å²) in [6, 6.07) is 15.8. The van der Waals surface area contributed by atoms with Gasteiger partial charge < -0.3 is 4.74 Å². The van der Waals surface area contributed by atoms with E-state index in [9.17, 15) is 8.42 Å². The van der Waals surface area contributed by atoms with Crippen LogP contribution >= 0.6 is 0 Å². The van der Waals surface area contributed by atoms with Gasteiger partial charge >= 0.3 is 0 Å². The van der Waals surface area contributed by atoms with Crippen molar-refractivity contribution in [2.24, 2.45) is 0 Å². The highest BCUT2D eigenvalue weighted by atomic mass is 32.2. The van der Waals surface area contributed by atoms with Gasteiger partial charge in [-0.25, -0.2) is 8.42 Å². The van der Waals surface area contributed by atoms with E-state index in [2.05, 4.69) is 0 Å². The van der Waals surface area contributed by atoms with Gasteiger partial charge in [0.15, 0.2) is 0 Å². The van der Waals surface area contributed by atoms with Gasteiger partial charge in [0.25, 0.3) is 0 Å². The lowest BCUT2D eigenvalue weighted by atomic mass is 9.90. The SMILES string of the molecule is COc1ccc2c(c1)CCN(S(C)(=O)=O)C2Cc1ccccc1. The molecular formula is C18H21NO3S. The molecular weight excluding hydrogens is 310 g/mol. The third-order valence-corrected chi connectivity index (χ3v) is 5.65. The molecule has 0 aromatic heterocycles. The van der Waals surface area contributed by atoms with Crippen molar-refractivity contribution in [3.8, 4) is 5.75 Å². The first-order valence-corrected chi connectivity index (χ1v) is 9.51. The standard InChI is InChI=1S/C18H21NO3S/c1-22-16-8-9-17-15(13-16)10-11-19(23(2,20)21)18(17)12-14-6-4-3-5-7-14/h3-9,13,18H,10-12H2,1-2H3. The van der Waals surface area contributed by atoms with Gasteiger partial charge in [0, 0.05) is 6.54 Å². The highest BCUT2D eigenvalue weighted by Gasteiger charge is 2.33. The van der Waals surface area contributed by atoms with Crippen molar-refractivity contribution in [1.82, 2.24) is 4.31 Å². The van der Waals surface area contributed by atoms with Crippen molar-refractivity contribution in [1.29, 1.82) is 0 Å². The van der Waals surface area contributed by atoms with Crippen LogP contribution in [0.15, 0.2) is 48.5 Å². The molecule has 2 aromatic carbocycles. The summed E-state index contributed by atoms with van der Waals surface area (Å²) in [5, 5.41) is 0. The van der Waals surface area contributed by atoms with E-state index in [-0.39, 0.29) is 6.04 Å². The molecule has 0 saturated carbocycles. The Kier molecular flexibility index (Phi) is 4.41. The van der Waals surface area contributed by atoms with Gasteiger partial charge in [-0.1, -0.05) is 36.4 Å². The molecule has 23 heavy (non-hydrogen) atoms. The third-order valence-electron chi connectivity index (χ3n) is 4.36. The van der Waals surface area contributed by atoms with Gasteiger partial charge in [-0.15, -0.1) is 0 Å².